The molecule has 0 bridgehead atoms. The van der Waals surface area contributed by atoms with Crippen molar-refractivity contribution in [2.75, 3.05) is 0 Å². The Morgan fingerprint density at radius 2 is 1.88 bits per heavy atom. The summed E-state index contributed by atoms with van der Waals surface area (Å²) in [6.07, 6.45) is 5.63. The fraction of sp³-hybridized carbons (Fsp3) is 0.647. The van der Waals surface area contributed by atoms with Gasteiger partial charge in [-0.3, -0.25) is 0 Å². The molecule has 0 heteroatoms. The Labute approximate surface area is 105 Å². The molecule has 17 heavy (non-hydrogen) atoms. The van der Waals surface area contributed by atoms with Gasteiger partial charge in [-0.2, -0.15) is 0 Å². The van der Waals surface area contributed by atoms with E-state index in [2.05, 4.69) is 45.9 Å². The molecule has 0 N–H and O–H groups in total. The average molecular weight is 228 g/mol. The number of hydrogen-bond donors (Lipinski definition) is 0. The van der Waals surface area contributed by atoms with Crippen LogP contribution in [0.15, 0.2) is 18.2 Å². The molecule has 0 heterocycles. The van der Waals surface area contributed by atoms with Crippen LogP contribution in [0.1, 0.15) is 63.1 Å². The Balaban J connectivity index is 2.23. The third-order valence-electron chi connectivity index (χ3n) is 5.43. The van der Waals surface area contributed by atoms with E-state index in [1.54, 1.807) is 11.1 Å². The van der Waals surface area contributed by atoms with E-state index in [0.717, 1.165) is 5.92 Å². The van der Waals surface area contributed by atoms with Crippen LogP contribution >= 0.6 is 0 Å². The highest BCUT2D eigenvalue weighted by molar-refractivity contribution is 5.45. The summed E-state index contributed by atoms with van der Waals surface area (Å²) < 4.78 is 0. The molecule has 1 aromatic carbocycles. The minimum atomic E-state index is 0.371. The largest absolute Gasteiger partial charge is 0.0590 e. The summed E-state index contributed by atoms with van der Waals surface area (Å²) in [5.74, 6) is 0.910. The smallest absolute Gasteiger partial charge is 0.00438 e. The Hall–Kier alpha value is -0.780. The van der Waals surface area contributed by atoms with Crippen LogP contribution in [0.4, 0.5) is 0 Å². The Bertz CT molecular complexity index is 455. The van der Waals surface area contributed by atoms with E-state index in [0.29, 0.717) is 10.8 Å². The van der Waals surface area contributed by atoms with Gasteiger partial charge in [0.05, 0.1) is 0 Å². The lowest BCUT2D eigenvalue weighted by Gasteiger charge is -2.46. The lowest BCUT2D eigenvalue weighted by Crippen LogP contribution is -2.40. The molecule has 2 unspecified atom stereocenters. The summed E-state index contributed by atoms with van der Waals surface area (Å²) in [5.41, 5.74) is 5.53. The van der Waals surface area contributed by atoms with Crippen LogP contribution in [0.5, 0.6) is 0 Å². The van der Waals surface area contributed by atoms with Gasteiger partial charge in [0, 0.05) is 0 Å². The van der Waals surface area contributed by atoms with Crippen molar-refractivity contribution in [1.82, 2.24) is 0 Å². The van der Waals surface area contributed by atoms with Crippen molar-refractivity contribution in [2.45, 2.75) is 64.2 Å². The zero-order valence-electron chi connectivity index (χ0n) is 11.6. The summed E-state index contributed by atoms with van der Waals surface area (Å²) >= 11 is 0. The minimum absolute atomic E-state index is 0.371. The van der Waals surface area contributed by atoms with Gasteiger partial charge < -0.3 is 0 Å². The fourth-order valence-electron chi connectivity index (χ4n) is 4.36. The van der Waals surface area contributed by atoms with Crippen molar-refractivity contribution in [1.29, 1.82) is 0 Å². The van der Waals surface area contributed by atoms with Gasteiger partial charge in [0.15, 0.2) is 0 Å². The highest BCUT2D eigenvalue weighted by Crippen LogP contribution is 2.56. The van der Waals surface area contributed by atoms with Crippen LogP contribution in [0.25, 0.3) is 0 Å². The first-order chi connectivity index (χ1) is 7.93. The van der Waals surface area contributed by atoms with Crippen molar-refractivity contribution < 1.29 is 0 Å². The number of fused-ring (bicyclic) bond motifs is 3. The standard InChI is InChI=1S/C17H24/c1-12-7-8-14-15(10-12)16(2,3)11-13-6-5-9-17(13,14)4/h7-8,10,13H,5-6,9,11H2,1-4H3. The molecular weight excluding hydrogens is 204 g/mol. The zero-order chi connectivity index (χ0) is 12.3. The molecule has 0 aromatic heterocycles. The van der Waals surface area contributed by atoms with Gasteiger partial charge in [-0.1, -0.05) is 51.0 Å². The Morgan fingerprint density at radius 3 is 2.65 bits per heavy atom. The van der Waals surface area contributed by atoms with Crippen molar-refractivity contribution in [3.63, 3.8) is 0 Å². The molecule has 0 radical (unpaired) electrons. The van der Waals surface area contributed by atoms with Crippen LogP contribution in [0, 0.1) is 12.8 Å². The third-order valence-corrected chi connectivity index (χ3v) is 5.43. The third kappa shape index (κ3) is 1.49. The summed E-state index contributed by atoms with van der Waals surface area (Å²) in [5, 5.41) is 0. The van der Waals surface area contributed by atoms with Crippen LogP contribution in [-0.2, 0) is 10.8 Å². The van der Waals surface area contributed by atoms with Gasteiger partial charge >= 0.3 is 0 Å². The highest BCUT2D eigenvalue weighted by atomic mass is 14.5. The van der Waals surface area contributed by atoms with Gasteiger partial charge in [0.1, 0.15) is 0 Å². The molecule has 1 aromatic rings. The van der Waals surface area contributed by atoms with Crippen LogP contribution < -0.4 is 0 Å². The maximum Gasteiger partial charge on any atom is -0.00438 e. The van der Waals surface area contributed by atoms with Crippen molar-refractivity contribution in [3.05, 3.63) is 34.9 Å². The predicted octanol–water partition coefficient (Wildman–Crippen LogP) is 4.73. The van der Waals surface area contributed by atoms with Crippen molar-refractivity contribution in [2.24, 2.45) is 5.92 Å². The molecule has 0 aliphatic heterocycles. The van der Waals surface area contributed by atoms with Gasteiger partial charge in [0.25, 0.3) is 0 Å². The normalized spacial score (nSPS) is 34.2. The van der Waals surface area contributed by atoms with Crippen LogP contribution in [0.3, 0.4) is 0 Å². The molecule has 2 aliphatic rings. The summed E-state index contributed by atoms with van der Waals surface area (Å²) in [6, 6.07) is 7.17. The SMILES string of the molecule is Cc1ccc2c(c1)C(C)(C)CC1CCCC21C. The van der Waals surface area contributed by atoms with Crippen LogP contribution in [0.2, 0.25) is 0 Å². The number of rotatable bonds is 0. The lowest BCUT2D eigenvalue weighted by atomic mass is 9.58. The van der Waals surface area contributed by atoms with E-state index in [1.165, 1.54) is 31.2 Å². The van der Waals surface area contributed by atoms with E-state index in [1.807, 2.05) is 0 Å². The summed E-state index contributed by atoms with van der Waals surface area (Å²) in [6.45, 7) is 9.60. The first-order valence-electron chi connectivity index (χ1n) is 7.05. The van der Waals surface area contributed by atoms with Crippen LogP contribution in [-0.4, -0.2) is 0 Å². The van der Waals surface area contributed by atoms with E-state index in [9.17, 15) is 0 Å². The monoisotopic (exact) mass is 228 g/mol. The van der Waals surface area contributed by atoms with E-state index in [-0.39, 0.29) is 0 Å². The van der Waals surface area contributed by atoms with Gasteiger partial charge in [-0.15, -0.1) is 0 Å². The van der Waals surface area contributed by atoms with E-state index >= 15 is 0 Å². The van der Waals surface area contributed by atoms with E-state index < -0.39 is 0 Å². The molecule has 2 aliphatic carbocycles. The first kappa shape index (κ1) is 11.3. The minimum Gasteiger partial charge on any atom is -0.0590 e. The van der Waals surface area contributed by atoms with Gasteiger partial charge in [-0.05, 0) is 54.1 Å². The highest BCUT2D eigenvalue weighted by Gasteiger charge is 2.48. The summed E-state index contributed by atoms with van der Waals surface area (Å²) in [4.78, 5) is 0. The molecule has 1 fully saturated rings. The molecule has 3 rings (SSSR count). The quantitative estimate of drug-likeness (QED) is 0.602. The topological polar surface area (TPSA) is 0 Å². The first-order valence-corrected chi connectivity index (χ1v) is 7.05. The molecule has 0 amide bonds. The number of aryl methyl sites for hydroxylation is 1. The average Bonchev–Trinajstić information content (AvgIpc) is 2.60. The number of hydrogen-bond acceptors (Lipinski definition) is 0. The maximum atomic E-state index is 2.51. The zero-order valence-corrected chi connectivity index (χ0v) is 11.6. The molecule has 0 saturated heterocycles. The van der Waals surface area contributed by atoms with Crippen molar-refractivity contribution in [3.8, 4) is 0 Å². The second-order valence-electron chi connectivity index (χ2n) is 7.14. The molecule has 2 atom stereocenters. The molecule has 0 nitrogen and oxygen atoms in total. The van der Waals surface area contributed by atoms with Gasteiger partial charge in [-0.25, -0.2) is 0 Å². The predicted molar refractivity (Wildman–Crippen MR) is 73.5 cm³/mol. The maximum absolute atomic E-state index is 2.51. The van der Waals surface area contributed by atoms with E-state index in [4.69, 9.17) is 0 Å². The Kier molecular flexibility index (Phi) is 2.24. The molecule has 0 spiro atoms. The second kappa shape index (κ2) is 3.37. The molecule has 92 valence electrons. The Morgan fingerprint density at radius 1 is 1.12 bits per heavy atom. The summed E-state index contributed by atoms with van der Waals surface area (Å²) in [7, 11) is 0. The number of benzene rings is 1. The van der Waals surface area contributed by atoms with Crippen molar-refractivity contribution >= 4 is 0 Å². The molecular formula is C17H24. The second-order valence-corrected chi connectivity index (χ2v) is 7.14. The lowest BCUT2D eigenvalue weighted by molar-refractivity contribution is 0.233. The molecule has 1 saturated carbocycles. The fourth-order valence-corrected chi connectivity index (χ4v) is 4.36. The van der Waals surface area contributed by atoms with Gasteiger partial charge in [0.2, 0.25) is 0 Å².